The van der Waals surface area contributed by atoms with Crippen molar-refractivity contribution in [3.05, 3.63) is 29.8 Å². The molecule has 2 saturated heterocycles. The monoisotopic (exact) mass is 372 g/mol. The molecule has 1 aromatic rings. The zero-order valence-corrected chi connectivity index (χ0v) is 16.7. The summed E-state index contributed by atoms with van der Waals surface area (Å²) in [4.78, 5) is 29.6. The summed E-state index contributed by atoms with van der Waals surface area (Å²) < 4.78 is 5.16. The standard InChI is InChI=1S/C22H32N2O3/c1-3-19-6-4-5-13-24(19)22(26)18-11-14-23(15-12-18)21(25)16-17-7-9-20(27-2)10-8-17/h7-10,18-19H,3-6,11-16H2,1-2H3. The van der Waals surface area contributed by atoms with Crippen LogP contribution in [-0.4, -0.2) is 54.4 Å². The maximum Gasteiger partial charge on any atom is 0.226 e. The second-order valence-electron chi connectivity index (χ2n) is 7.77. The Morgan fingerprint density at radius 2 is 1.74 bits per heavy atom. The molecule has 27 heavy (non-hydrogen) atoms. The molecule has 5 nitrogen and oxygen atoms in total. The summed E-state index contributed by atoms with van der Waals surface area (Å²) in [5.74, 6) is 1.36. The first kappa shape index (κ1) is 19.7. The van der Waals surface area contributed by atoms with Gasteiger partial charge in [-0.2, -0.15) is 0 Å². The van der Waals surface area contributed by atoms with Gasteiger partial charge < -0.3 is 14.5 Å². The van der Waals surface area contributed by atoms with Gasteiger partial charge >= 0.3 is 0 Å². The van der Waals surface area contributed by atoms with Crippen LogP contribution in [0.4, 0.5) is 0 Å². The molecule has 0 saturated carbocycles. The van der Waals surface area contributed by atoms with Crippen LogP contribution in [0, 0.1) is 5.92 Å². The van der Waals surface area contributed by atoms with E-state index in [1.54, 1.807) is 7.11 Å². The third-order valence-corrected chi connectivity index (χ3v) is 6.09. The molecule has 0 spiro atoms. The van der Waals surface area contributed by atoms with Gasteiger partial charge in [0.1, 0.15) is 5.75 Å². The molecule has 0 radical (unpaired) electrons. The number of piperidine rings is 2. The minimum absolute atomic E-state index is 0.0854. The lowest BCUT2D eigenvalue weighted by Gasteiger charge is -2.39. The predicted octanol–water partition coefficient (Wildman–Crippen LogP) is 3.27. The number of carbonyl (C=O) groups is 2. The predicted molar refractivity (Wildman–Crippen MR) is 106 cm³/mol. The van der Waals surface area contributed by atoms with Gasteiger partial charge in [0.15, 0.2) is 0 Å². The Morgan fingerprint density at radius 1 is 1.04 bits per heavy atom. The van der Waals surface area contributed by atoms with Crippen molar-refractivity contribution in [2.75, 3.05) is 26.7 Å². The summed E-state index contributed by atoms with van der Waals surface area (Å²) in [6.07, 6.45) is 6.54. The minimum Gasteiger partial charge on any atom is -0.497 e. The van der Waals surface area contributed by atoms with E-state index in [1.807, 2.05) is 29.2 Å². The van der Waals surface area contributed by atoms with E-state index in [-0.39, 0.29) is 11.8 Å². The van der Waals surface area contributed by atoms with Crippen LogP contribution in [-0.2, 0) is 16.0 Å². The van der Waals surface area contributed by atoms with Crippen molar-refractivity contribution < 1.29 is 14.3 Å². The molecule has 3 rings (SSSR count). The fourth-order valence-corrected chi connectivity index (χ4v) is 4.36. The number of likely N-dealkylation sites (tertiary alicyclic amines) is 2. The maximum atomic E-state index is 13.0. The van der Waals surface area contributed by atoms with E-state index in [2.05, 4.69) is 11.8 Å². The molecule has 2 aliphatic heterocycles. The molecule has 0 bridgehead atoms. The average Bonchev–Trinajstić information content (AvgIpc) is 2.73. The number of methoxy groups -OCH3 is 1. The van der Waals surface area contributed by atoms with Gasteiger partial charge in [0, 0.05) is 31.6 Å². The van der Waals surface area contributed by atoms with Crippen molar-refractivity contribution in [1.29, 1.82) is 0 Å². The number of nitrogens with zero attached hydrogens (tertiary/aromatic N) is 2. The van der Waals surface area contributed by atoms with Gasteiger partial charge in [-0.3, -0.25) is 9.59 Å². The lowest BCUT2D eigenvalue weighted by molar-refractivity contribution is -0.143. The van der Waals surface area contributed by atoms with E-state index in [9.17, 15) is 9.59 Å². The van der Waals surface area contributed by atoms with E-state index in [0.29, 0.717) is 31.5 Å². The van der Waals surface area contributed by atoms with Crippen LogP contribution in [0.2, 0.25) is 0 Å². The highest BCUT2D eigenvalue weighted by atomic mass is 16.5. The van der Waals surface area contributed by atoms with Crippen LogP contribution in [0.1, 0.15) is 51.0 Å². The number of rotatable bonds is 5. The van der Waals surface area contributed by atoms with Crippen molar-refractivity contribution in [2.45, 2.75) is 57.9 Å². The summed E-state index contributed by atoms with van der Waals surface area (Å²) in [6.45, 7) is 4.47. The highest BCUT2D eigenvalue weighted by molar-refractivity contribution is 5.81. The SMILES string of the molecule is CCC1CCCCN1C(=O)C1CCN(C(=O)Cc2ccc(OC)cc2)CC1. The average molecular weight is 373 g/mol. The van der Waals surface area contributed by atoms with Crippen LogP contribution >= 0.6 is 0 Å². The Bertz CT molecular complexity index is 635. The smallest absolute Gasteiger partial charge is 0.226 e. The fraction of sp³-hybridized carbons (Fsp3) is 0.636. The molecule has 2 aliphatic rings. The van der Waals surface area contributed by atoms with Crippen molar-refractivity contribution in [1.82, 2.24) is 9.80 Å². The number of hydrogen-bond donors (Lipinski definition) is 0. The van der Waals surface area contributed by atoms with Gasteiger partial charge in [0.2, 0.25) is 11.8 Å². The van der Waals surface area contributed by atoms with E-state index >= 15 is 0 Å². The summed E-state index contributed by atoms with van der Waals surface area (Å²) in [7, 11) is 1.64. The first-order valence-corrected chi connectivity index (χ1v) is 10.3. The zero-order valence-electron chi connectivity index (χ0n) is 16.7. The second-order valence-corrected chi connectivity index (χ2v) is 7.77. The molecule has 0 aliphatic carbocycles. The molecule has 0 aromatic heterocycles. The third-order valence-electron chi connectivity index (χ3n) is 6.09. The lowest BCUT2D eigenvalue weighted by Crippen LogP contribution is -2.49. The molecule has 148 valence electrons. The highest BCUT2D eigenvalue weighted by Gasteiger charge is 2.33. The van der Waals surface area contributed by atoms with Gasteiger partial charge in [-0.1, -0.05) is 19.1 Å². The Kier molecular flexibility index (Phi) is 6.75. The first-order valence-electron chi connectivity index (χ1n) is 10.3. The molecule has 1 unspecified atom stereocenters. The molecular formula is C22H32N2O3. The largest absolute Gasteiger partial charge is 0.497 e. The second kappa shape index (κ2) is 9.25. The minimum atomic E-state index is 0.0854. The van der Waals surface area contributed by atoms with E-state index in [1.165, 1.54) is 6.42 Å². The summed E-state index contributed by atoms with van der Waals surface area (Å²) in [5, 5.41) is 0. The molecule has 1 aromatic carbocycles. The van der Waals surface area contributed by atoms with Crippen molar-refractivity contribution in [3.63, 3.8) is 0 Å². The molecule has 2 fully saturated rings. The first-order chi connectivity index (χ1) is 13.1. The summed E-state index contributed by atoms with van der Waals surface area (Å²) in [5.41, 5.74) is 0.998. The number of ether oxygens (including phenoxy) is 1. The molecular weight excluding hydrogens is 340 g/mol. The van der Waals surface area contributed by atoms with Gasteiger partial charge in [0.25, 0.3) is 0 Å². The van der Waals surface area contributed by atoms with Crippen molar-refractivity contribution in [3.8, 4) is 5.75 Å². The molecule has 2 amide bonds. The number of benzene rings is 1. The fourth-order valence-electron chi connectivity index (χ4n) is 4.36. The van der Waals surface area contributed by atoms with Crippen LogP contribution in [0.5, 0.6) is 5.75 Å². The number of hydrogen-bond acceptors (Lipinski definition) is 3. The number of carbonyl (C=O) groups excluding carboxylic acids is 2. The van der Waals surface area contributed by atoms with Crippen LogP contribution < -0.4 is 4.74 Å². The molecule has 5 heteroatoms. The zero-order chi connectivity index (χ0) is 19.2. The van der Waals surface area contributed by atoms with Crippen LogP contribution in [0.15, 0.2) is 24.3 Å². The quantitative estimate of drug-likeness (QED) is 0.797. The third kappa shape index (κ3) is 4.82. The Balaban J connectivity index is 1.50. The van der Waals surface area contributed by atoms with Crippen LogP contribution in [0.25, 0.3) is 0 Å². The normalized spacial score (nSPS) is 21.2. The summed E-state index contributed by atoms with van der Waals surface area (Å²) in [6, 6.07) is 8.07. The number of amides is 2. The van der Waals surface area contributed by atoms with Gasteiger partial charge in [0.05, 0.1) is 13.5 Å². The van der Waals surface area contributed by atoms with Crippen LogP contribution in [0.3, 0.4) is 0 Å². The maximum absolute atomic E-state index is 13.0. The Morgan fingerprint density at radius 3 is 2.37 bits per heavy atom. The Labute approximate surface area is 162 Å². The van der Waals surface area contributed by atoms with Gasteiger partial charge in [-0.05, 0) is 56.2 Å². The molecule has 0 N–H and O–H groups in total. The summed E-state index contributed by atoms with van der Waals surface area (Å²) >= 11 is 0. The van der Waals surface area contributed by atoms with E-state index in [4.69, 9.17) is 4.74 Å². The van der Waals surface area contributed by atoms with Crippen molar-refractivity contribution in [2.24, 2.45) is 5.92 Å². The van der Waals surface area contributed by atoms with Gasteiger partial charge in [-0.25, -0.2) is 0 Å². The van der Waals surface area contributed by atoms with Crippen molar-refractivity contribution >= 4 is 11.8 Å². The molecule has 2 heterocycles. The van der Waals surface area contributed by atoms with E-state index in [0.717, 1.165) is 50.0 Å². The highest BCUT2D eigenvalue weighted by Crippen LogP contribution is 2.26. The molecule has 1 atom stereocenters. The Hall–Kier alpha value is -2.04. The van der Waals surface area contributed by atoms with Gasteiger partial charge in [-0.15, -0.1) is 0 Å². The van der Waals surface area contributed by atoms with E-state index < -0.39 is 0 Å². The topological polar surface area (TPSA) is 49.9 Å². The lowest BCUT2D eigenvalue weighted by atomic mass is 9.91.